The first-order valence-corrected chi connectivity index (χ1v) is 16.2. The summed E-state index contributed by atoms with van der Waals surface area (Å²) < 4.78 is 9.36. The standard InChI is InChI=1S/C36H48N6O7/c1-21(2)31(41-35(46)48-6)33(44)39-26-15-16-29(40-34(45)32(22(3)4)42-36(47)49-7)27(18-26)23(5)30(43)20-37-19-24-11-13-25(14-12-24)28-10-8-9-17-38-28/h8-18,21-23,30-32,37,43H,19-20H2,1-7H3,(H,39,44)(H,40,45)(H,41,46)(H,42,47)/t23-,30+,31-,32-/m0/s1. The predicted molar refractivity (Wildman–Crippen MR) is 188 cm³/mol. The van der Waals surface area contributed by atoms with Gasteiger partial charge in [0.2, 0.25) is 11.8 Å². The zero-order valence-corrected chi connectivity index (χ0v) is 29.1. The van der Waals surface area contributed by atoms with Crippen molar-refractivity contribution in [1.29, 1.82) is 0 Å². The van der Waals surface area contributed by atoms with E-state index >= 15 is 0 Å². The number of anilines is 2. The third-order valence-corrected chi connectivity index (χ3v) is 8.06. The van der Waals surface area contributed by atoms with Crippen LogP contribution in [0.15, 0.2) is 66.9 Å². The summed E-state index contributed by atoms with van der Waals surface area (Å²) in [6, 6.07) is 16.9. The first kappa shape index (κ1) is 38.4. The van der Waals surface area contributed by atoms with E-state index in [0.717, 1.165) is 16.8 Å². The Hall–Kier alpha value is -5.01. The Labute approximate surface area is 287 Å². The number of aromatic nitrogens is 1. The number of alkyl carbamates (subject to hydrolysis) is 2. The SMILES string of the molecule is COC(=O)N[C@H](C(=O)Nc1ccc(NC(=O)[C@@H](NC(=O)OC)C(C)C)c([C@H](C)[C@H](O)CNCc2ccc(-c3ccccn3)cc2)c1)C(C)C. The summed E-state index contributed by atoms with van der Waals surface area (Å²) in [6.45, 7) is 9.70. The van der Waals surface area contributed by atoms with Gasteiger partial charge in [-0.05, 0) is 53.3 Å². The molecular weight excluding hydrogens is 628 g/mol. The van der Waals surface area contributed by atoms with Crippen molar-refractivity contribution in [2.75, 3.05) is 31.4 Å². The number of methoxy groups -OCH3 is 2. The minimum Gasteiger partial charge on any atom is -0.453 e. The Morgan fingerprint density at radius 2 is 1.37 bits per heavy atom. The van der Waals surface area contributed by atoms with Crippen LogP contribution >= 0.6 is 0 Å². The molecule has 13 heteroatoms. The number of carbonyl (C=O) groups excluding carboxylic acids is 4. The average Bonchev–Trinajstić information content (AvgIpc) is 3.09. The van der Waals surface area contributed by atoms with Crippen LogP contribution in [0.3, 0.4) is 0 Å². The molecule has 0 bridgehead atoms. The summed E-state index contributed by atoms with van der Waals surface area (Å²) in [4.78, 5) is 54.7. The monoisotopic (exact) mass is 676 g/mol. The van der Waals surface area contributed by atoms with Gasteiger partial charge < -0.3 is 41.2 Å². The lowest BCUT2D eigenvalue weighted by molar-refractivity contribution is -0.119. The third-order valence-electron chi connectivity index (χ3n) is 8.06. The van der Waals surface area contributed by atoms with Gasteiger partial charge in [-0.15, -0.1) is 0 Å². The fraction of sp³-hybridized carbons (Fsp3) is 0.417. The number of pyridine rings is 1. The second-order valence-corrected chi connectivity index (χ2v) is 12.4. The molecule has 4 amide bonds. The Morgan fingerprint density at radius 3 is 1.90 bits per heavy atom. The van der Waals surface area contributed by atoms with Gasteiger partial charge in [0.1, 0.15) is 12.1 Å². The van der Waals surface area contributed by atoms with E-state index in [0.29, 0.717) is 23.5 Å². The highest BCUT2D eigenvalue weighted by molar-refractivity contribution is 5.99. The van der Waals surface area contributed by atoms with Crippen molar-refractivity contribution in [2.24, 2.45) is 11.8 Å². The van der Waals surface area contributed by atoms with Crippen molar-refractivity contribution in [3.8, 4) is 11.3 Å². The Bertz CT molecular complexity index is 1550. The number of rotatable bonds is 15. The summed E-state index contributed by atoms with van der Waals surface area (Å²) in [7, 11) is 2.43. The van der Waals surface area contributed by atoms with Gasteiger partial charge in [0, 0.05) is 42.1 Å². The smallest absolute Gasteiger partial charge is 0.407 e. The van der Waals surface area contributed by atoms with Crippen molar-refractivity contribution >= 4 is 35.4 Å². The van der Waals surface area contributed by atoms with Crippen molar-refractivity contribution in [1.82, 2.24) is 20.9 Å². The highest BCUT2D eigenvalue weighted by Gasteiger charge is 2.28. The van der Waals surface area contributed by atoms with Crippen LogP contribution in [-0.4, -0.2) is 73.0 Å². The van der Waals surface area contributed by atoms with E-state index in [1.54, 1.807) is 52.1 Å². The molecule has 1 aromatic heterocycles. The lowest BCUT2D eigenvalue weighted by atomic mass is 9.92. The first-order valence-electron chi connectivity index (χ1n) is 16.2. The number of benzene rings is 2. The summed E-state index contributed by atoms with van der Waals surface area (Å²) in [5.74, 6) is -1.97. The fourth-order valence-electron chi connectivity index (χ4n) is 5.08. The Kier molecular flexibility index (Phi) is 14.5. The molecule has 0 saturated carbocycles. The Balaban J connectivity index is 1.81. The number of carbonyl (C=O) groups is 4. The molecule has 0 spiro atoms. The molecule has 264 valence electrons. The molecule has 3 rings (SSSR count). The van der Waals surface area contributed by atoms with Crippen LogP contribution in [-0.2, 0) is 25.6 Å². The van der Waals surface area contributed by atoms with Gasteiger partial charge in [0.05, 0.1) is 26.0 Å². The molecule has 2 aromatic carbocycles. The van der Waals surface area contributed by atoms with E-state index in [4.69, 9.17) is 4.74 Å². The van der Waals surface area contributed by atoms with E-state index in [1.165, 1.54) is 14.2 Å². The molecule has 4 atom stereocenters. The lowest BCUT2D eigenvalue weighted by Gasteiger charge is -2.26. The molecule has 0 saturated heterocycles. The van der Waals surface area contributed by atoms with Gasteiger partial charge >= 0.3 is 12.2 Å². The molecule has 49 heavy (non-hydrogen) atoms. The van der Waals surface area contributed by atoms with Crippen LogP contribution in [0.4, 0.5) is 21.0 Å². The minimum absolute atomic E-state index is 0.226. The van der Waals surface area contributed by atoms with Gasteiger partial charge in [-0.2, -0.15) is 0 Å². The van der Waals surface area contributed by atoms with Crippen molar-refractivity contribution in [3.63, 3.8) is 0 Å². The minimum atomic E-state index is -0.901. The average molecular weight is 677 g/mol. The maximum atomic E-state index is 13.4. The third kappa shape index (κ3) is 11.3. The first-order chi connectivity index (χ1) is 23.3. The number of aliphatic hydroxyl groups is 1. The number of ether oxygens (including phenoxy) is 2. The van der Waals surface area contributed by atoms with Crippen LogP contribution in [0.5, 0.6) is 0 Å². The molecule has 6 N–H and O–H groups in total. The normalized spacial score (nSPS) is 13.5. The quantitative estimate of drug-likeness (QED) is 0.134. The van der Waals surface area contributed by atoms with Crippen molar-refractivity contribution < 1.29 is 33.8 Å². The van der Waals surface area contributed by atoms with Crippen molar-refractivity contribution in [3.05, 3.63) is 78.0 Å². The van der Waals surface area contributed by atoms with Crippen LogP contribution < -0.4 is 26.6 Å². The predicted octanol–water partition coefficient (Wildman–Crippen LogP) is 4.64. The molecule has 0 aliphatic rings. The topological polar surface area (TPSA) is 180 Å². The van der Waals surface area contributed by atoms with Crippen LogP contribution in [0.25, 0.3) is 11.3 Å². The van der Waals surface area contributed by atoms with Gasteiger partial charge in [-0.1, -0.05) is 65.0 Å². The molecule has 0 radical (unpaired) electrons. The van der Waals surface area contributed by atoms with Crippen LogP contribution in [0.1, 0.15) is 51.7 Å². The number of nitrogens with one attached hydrogen (secondary N) is 5. The molecule has 0 fully saturated rings. The van der Waals surface area contributed by atoms with Crippen LogP contribution in [0, 0.1) is 11.8 Å². The largest absolute Gasteiger partial charge is 0.453 e. The molecule has 1 heterocycles. The lowest BCUT2D eigenvalue weighted by Crippen LogP contribution is -2.47. The van der Waals surface area contributed by atoms with Gasteiger partial charge in [0.15, 0.2) is 0 Å². The molecule has 3 aromatic rings. The van der Waals surface area contributed by atoms with Crippen LogP contribution in [0.2, 0.25) is 0 Å². The zero-order chi connectivity index (χ0) is 36.1. The number of nitrogens with zero attached hydrogens (tertiary/aromatic N) is 1. The maximum absolute atomic E-state index is 13.4. The van der Waals surface area contributed by atoms with E-state index in [-0.39, 0.29) is 18.4 Å². The summed E-state index contributed by atoms with van der Waals surface area (Å²) in [5.41, 5.74) is 4.24. The molecule has 0 aliphatic heterocycles. The molecule has 13 nitrogen and oxygen atoms in total. The Morgan fingerprint density at radius 1 is 0.776 bits per heavy atom. The van der Waals surface area contributed by atoms with Crippen molar-refractivity contribution in [2.45, 2.75) is 65.3 Å². The van der Waals surface area contributed by atoms with E-state index < -0.39 is 48.1 Å². The van der Waals surface area contributed by atoms with E-state index in [2.05, 4.69) is 36.3 Å². The van der Waals surface area contributed by atoms with E-state index in [1.807, 2.05) is 49.4 Å². The number of amides is 4. The second kappa shape index (κ2) is 18.5. The highest BCUT2D eigenvalue weighted by atomic mass is 16.5. The molecule has 0 unspecified atom stereocenters. The number of aliphatic hydroxyl groups excluding tert-OH is 1. The summed E-state index contributed by atoms with van der Waals surface area (Å²) in [6.07, 6.45) is -0.622. The highest BCUT2D eigenvalue weighted by Crippen LogP contribution is 2.31. The van der Waals surface area contributed by atoms with Gasteiger partial charge in [-0.25, -0.2) is 9.59 Å². The number of hydrogen-bond acceptors (Lipinski definition) is 9. The zero-order valence-electron chi connectivity index (χ0n) is 29.1. The molecular formula is C36H48N6O7. The molecule has 0 aliphatic carbocycles. The summed E-state index contributed by atoms with van der Waals surface area (Å²) >= 11 is 0. The van der Waals surface area contributed by atoms with Gasteiger partial charge in [-0.3, -0.25) is 14.6 Å². The fourth-order valence-corrected chi connectivity index (χ4v) is 5.08. The van der Waals surface area contributed by atoms with Gasteiger partial charge in [0.25, 0.3) is 0 Å². The maximum Gasteiger partial charge on any atom is 0.407 e. The summed E-state index contributed by atoms with van der Waals surface area (Å²) in [5, 5.41) is 25.4. The second-order valence-electron chi connectivity index (χ2n) is 12.4. The van der Waals surface area contributed by atoms with E-state index in [9.17, 15) is 24.3 Å². The number of hydrogen-bond donors (Lipinski definition) is 6.